The van der Waals surface area contributed by atoms with Crippen molar-refractivity contribution in [1.82, 2.24) is 5.48 Å². The van der Waals surface area contributed by atoms with Crippen LogP contribution in [0, 0.1) is 5.92 Å². The van der Waals surface area contributed by atoms with E-state index in [4.69, 9.17) is 5.21 Å². The van der Waals surface area contributed by atoms with Gasteiger partial charge in [-0.15, -0.1) is 0 Å². The molecule has 2 rings (SSSR count). The summed E-state index contributed by atoms with van der Waals surface area (Å²) in [7, 11) is 0. The minimum absolute atomic E-state index is 0.361. The molecule has 0 aliphatic heterocycles. The molecule has 2 N–H and O–H groups in total. The topological polar surface area (TPSA) is 32.3 Å². The average molecular weight is 243 g/mol. The van der Waals surface area contributed by atoms with Gasteiger partial charge < -0.3 is 5.21 Å². The highest BCUT2D eigenvalue weighted by Crippen LogP contribution is 2.26. The summed E-state index contributed by atoms with van der Waals surface area (Å²) in [4.78, 5) is 0. The Kier molecular flexibility index (Phi) is 4.34. The monoisotopic (exact) mass is 243 g/mol. The van der Waals surface area contributed by atoms with Crippen LogP contribution in [0.15, 0.2) is 42.5 Å². The number of hydroxylamine groups is 1. The lowest BCUT2D eigenvalue weighted by molar-refractivity contribution is 0.156. The minimum atomic E-state index is 0.361. The number of rotatable bonds is 5. The van der Waals surface area contributed by atoms with Gasteiger partial charge in [0, 0.05) is 6.54 Å². The molecule has 0 radical (unpaired) electrons. The lowest BCUT2D eigenvalue weighted by atomic mass is 9.89. The number of hydrogen-bond acceptors (Lipinski definition) is 2. The summed E-state index contributed by atoms with van der Waals surface area (Å²) in [5.41, 5.74) is 3.62. The van der Waals surface area contributed by atoms with Gasteiger partial charge in [0.05, 0.1) is 0 Å². The SMILES string of the molecule is CC(C)CC(CNO)c1ccc2ccccc2c1. The quantitative estimate of drug-likeness (QED) is 0.779. The molecule has 96 valence electrons. The Morgan fingerprint density at radius 2 is 1.78 bits per heavy atom. The maximum absolute atomic E-state index is 8.97. The second kappa shape index (κ2) is 5.98. The van der Waals surface area contributed by atoms with Crippen LogP contribution < -0.4 is 5.48 Å². The fourth-order valence-electron chi connectivity index (χ4n) is 2.48. The Balaban J connectivity index is 2.31. The summed E-state index contributed by atoms with van der Waals surface area (Å²) in [5, 5.41) is 11.5. The van der Waals surface area contributed by atoms with Crippen LogP contribution in [0.2, 0.25) is 0 Å². The third kappa shape index (κ3) is 3.09. The number of hydrogen-bond donors (Lipinski definition) is 2. The van der Waals surface area contributed by atoms with E-state index in [-0.39, 0.29) is 0 Å². The molecule has 1 atom stereocenters. The fraction of sp³-hybridized carbons (Fsp3) is 0.375. The van der Waals surface area contributed by atoms with Crippen molar-refractivity contribution in [2.75, 3.05) is 6.54 Å². The van der Waals surface area contributed by atoms with Gasteiger partial charge in [0.1, 0.15) is 0 Å². The van der Waals surface area contributed by atoms with Crippen molar-refractivity contribution in [2.45, 2.75) is 26.2 Å². The van der Waals surface area contributed by atoms with Gasteiger partial charge >= 0.3 is 0 Å². The molecule has 0 aliphatic carbocycles. The molecule has 2 heteroatoms. The van der Waals surface area contributed by atoms with Gasteiger partial charge in [-0.25, -0.2) is 5.48 Å². The smallest absolute Gasteiger partial charge is 0.0276 e. The summed E-state index contributed by atoms with van der Waals surface area (Å²) in [6, 6.07) is 15.0. The molecule has 2 aromatic carbocycles. The Morgan fingerprint density at radius 1 is 1.06 bits per heavy atom. The van der Waals surface area contributed by atoms with Crippen LogP contribution in [0.5, 0.6) is 0 Å². The van der Waals surface area contributed by atoms with E-state index in [9.17, 15) is 0 Å². The molecule has 18 heavy (non-hydrogen) atoms. The molecule has 0 amide bonds. The van der Waals surface area contributed by atoms with Crippen molar-refractivity contribution in [3.05, 3.63) is 48.0 Å². The van der Waals surface area contributed by atoms with Crippen LogP contribution in [0.3, 0.4) is 0 Å². The van der Waals surface area contributed by atoms with Gasteiger partial charge in [0.25, 0.3) is 0 Å². The zero-order chi connectivity index (χ0) is 13.0. The van der Waals surface area contributed by atoms with Crippen LogP contribution >= 0.6 is 0 Å². The molecule has 0 bridgehead atoms. The van der Waals surface area contributed by atoms with Crippen LogP contribution in [-0.4, -0.2) is 11.8 Å². The van der Waals surface area contributed by atoms with Crippen LogP contribution in [0.4, 0.5) is 0 Å². The van der Waals surface area contributed by atoms with E-state index in [0.717, 1.165) is 6.42 Å². The van der Waals surface area contributed by atoms with E-state index < -0.39 is 0 Å². The van der Waals surface area contributed by atoms with Crippen LogP contribution in [0.1, 0.15) is 31.7 Å². The first-order valence-corrected chi connectivity index (χ1v) is 6.56. The van der Waals surface area contributed by atoms with Crippen LogP contribution in [-0.2, 0) is 0 Å². The summed E-state index contributed by atoms with van der Waals surface area (Å²) >= 11 is 0. The molecule has 2 aromatic rings. The van der Waals surface area contributed by atoms with Crippen molar-refractivity contribution in [3.63, 3.8) is 0 Å². The van der Waals surface area contributed by atoms with E-state index in [1.54, 1.807) is 0 Å². The molecule has 0 saturated carbocycles. The van der Waals surface area contributed by atoms with Crippen molar-refractivity contribution >= 4 is 10.8 Å². The number of benzene rings is 2. The molecule has 0 aliphatic rings. The highest BCUT2D eigenvalue weighted by atomic mass is 16.5. The lowest BCUT2D eigenvalue weighted by Crippen LogP contribution is -2.19. The summed E-state index contributed by atoms with van der Waals surface area (Å²) < 4.78 is 0. The largest absolute Gasteiger partial charge is 0.317 e. The lowest BCUT2D eigenvalue weighted by Gasteiger charge is -2.19. The molecule has 0 fully saturated rings. The first-order valence-electron chi connectivity index (χ1n) is 6.56. The molecular formula is C16H21NO. The molecule has 1 unspecified atom stereocenters. The molecule has 0 heterocycles. The maximum Gasteiger partial charge on any atom is 0.0276 e. The zero-order valence-electron chi connectivity index (χ0n) is 11.1. The molecule has 2 nitrogen and oxygen atoms in total. The summed E-state index contributed by atoms with van der Waals surface area (Å²) in [6.45, 7) is 5.04. The van der Waals surface area contributed by atoms with E-state index in [2.05, 4.69) is 61.8 Å². The normalized spacial score (nSPS) is 13.1. The third-order valence-electron chi connectivity index (χ3n) is 3.34. The van der Waals surface area contributed by atoms with Gasteiger partial charge in [-0.3, -0.25) is 0 Å². The van der Waals surface area contributed by atoms with Crippen molar-refractivity contribution in [2.24, 2.45) is 5.92 Å². The number of fused-ring (bicyclic) bond motifs is 1. The van der Waals surface area contributed by atoms with Gasteiger partial charge in [-0.05, 0) is 34.6 Å². The fourth-order valence-corrected chi connectivity index (χ4v) is 2.48. The predicted octanol–water partition coefficient (Wildman–Crippen LogP) is 3.95. The first-order chi connectivity index (χ1) is 8.70. The standard InChI is InChI=1S/C16H21NO/c1-12(2)9-16(11-17-18)15-8-7-13-5-3-4-6-14(13)10-15/h3-8,10,12,16-18H,9,11H2,1-2H3. The van der Waals surface area contributed by atoms with E-state index >= 15 is 0 Å². The summed E-state index contributed by atoms with van der Waals surface area (Å²) in [5.74, 6) is 0.981. The molecule has 0 saturated heterocycles. The van der Waals surface area contributed by atoms with Crippen LogP contribution in [0.25, 0.3) is 10.8 Å². The second-order valence-electron chi connectivity index (χ2n) is 5.30. The Hall–Kier alpha value is -1.38. The summed E-state index contributed by atoms with van der Waals surface area (Å²) in [6.07, 6.45) is 1.08. The minimum Gasteiger partial charge on any atom is -0.317 e. The molecular weight excluding hydrogens is 222 g/mol. The Morgan fingerprint density at radius 3 is 2.44 bits per heavy atom. The average Bonchev–Trinajstić information content (AvgIpc) is 2.37. The first kappa shape index (κ1) is 13.1. The van der Waals surface area contributed by atoms with Gasteiger partial charge in [0.2, 0.25) is 0 Å². The van der Waals surface area contributed by atoms with E-state index in [1.165, 1.54) is 16.3 Å². The molecule has 0 spiro atoms. The van der Waals surface area contributed by atoms with Gasteiger partial charge in [-0.1, -0.05) is 56.3 Å². The van der Waals surface area contributed by atoms with Crippen molar-refractivity contribution < 1.29 is 5.21 Å². The predicted molar refractivity (Wildman–Crippen MR) is 75.9 cm³/mol. The zero-order valence-corrected chi connectivity index (χ0v) is 11.1. The molecule has 0 aromatic heterocycles. The second-order valence-corrected chi connectivity index (χ2v) is 5.30. The van der Waals surface area contributed by atoms with Crippen molar-refractivity contribution in [3.8, 4) is 0 Å². The highest BCUT2D eigenvalue weighted by Gasteiger charge is 2.13. The van der Waals surface area contributed by atoms with E-state index in [1.807, 2.05) is 0 Å². The Labute approximate surface area is 109 Å². The van der Waals surface area contributed by atoms with Crippen molar-refractivity contribution in [1.29, 1.82) is 0 Å². The number of nitrogens with one attached hydrogen (secondary N) is 1. The van der Waals surface area contributed by atoms with Gasteiger partial charge in [0.15, 0.2) is 0 Å². The third-order valence-corrected chi connectivity index (χ3v) is 3.34. The highest BCUT2D eigenvalue weighted by molar-refractivity contribution is 5.83. The Bertz CT molecular complexity index is 507. The van der Waals surface area contributed by atoms with E-state index in [0.29, 0.717) is 18.4 Å². The van der Waals surface area contributed by atoms with Gasteiger partial charge in [-0.2, -0.15) is 0 Å². The maximum atomic E-state index is 8.97.